The fourth-order valence-corrected chi connectivity index (χ4v) is 3.89. The summed E-state index contributed by atoms with van der Waals surface area (Å²) in [7, 11) is 0. The molecule has 0 fully saturated rings. The third kappa shape index (κ3) is 1.39. The zero-order valence-corrected chi connectivity index (χ0v) is 11.8. The van der Waals surface area contributed by atoms with E-state index in [1.165, 1.54) is 11.1 Å². The molecular weight excluding hydrogens is 274 g/mol. The van der Waals surface area contributed by atoms with Crippen LogP contribution in [-0.2, 0) is 6.42 Å². The van der Waals surface area contributed by atoms with Crippen molar-refractivity contribution in [2.24, 2.45) is 5.92 Å². The molecule has 2 atom stereocenters. The summed E-state index contributed by atoms with van der Waals surface area (Å²) >= 11 is 0. The summed E-state index contributed by atoms with van der Waals surface area (Å²) < 4.78 is 2.15. The van der Waals surface area contributed by atoms with E-state index in [0.717, 1.165) is 23.2 Å². The summed E-state index contributed by atoms with van der Waals surface area (Å²) in [6.45, 7) is 0. The number of hydrogen-bond acceptors (Lipinski definition) is 3. The lowest BCUT2D eigenvalue weighted by molar-refractivity contribution is 0.0911. The molecule has 0 amide bonds. The molecule has 2 aromatic heterocycles. The van der Waals surface area contributed by atoms with Gasteiger partial charge in [-0.25, -0.2) is 4.98 Å². The van der Waals surface area contributed by atoms with Gasteiger partial charge in [0.2, 0.25) is 0 Å². The van der Waals surface area contributed by atoms with Crippen LogP contribution in [0, 0.1) is 5.92 Å². The first-order valence-corrected chi connectivity index (χ1v) is 7.43. The monoisotopic (exact) mass is 287 g/mol. The van der Waals surface area contributed by atoms with Crippen molar-refractivity contribution in [2.75, 3.05) is 0 Å². The summed E-state index contributed by atoms with van der Waals surface area (Å²) in [6, 6.07) is 10.3. The maximum absolute atomic E-state index is 12.9. The maximum atomic E-state index is 12.9. The lowest BCUT2D eigenvalue weighted by Gasteiger charge is -2.20. The van der Waals surface area contributed by atoms with E-state index in [-0.39, 0.29) is 17.7 Å². The first-order valence-electron chi connectivity index (χ1n) is 7.43. The number of aromatic nitrogens is 3. The Labute approximate surface area is 127 Å². The first kappa shape index (κ1) is 11.9. The van der Waals surface area contributed by atoms with Crippen molar-refractivity contribution in [2.45, 2.75) is 12.5 Å². The molecule has 2 aliphatic rings. The molecule has 22 heavy (non-hydrogen) atoms. The van der Waals surface area contributed by atoms with E-state index >= 15 is 0 Å². The van der Waals surface area contributed by atoms with Crippen LogP contribution in [0.2, 0.25) is 0 Å². The summed E-state index contributed by atoms with van der Waals surface area (Å²) in [6.07, 6.45) is 7.96. The molecule has 1 aliphatic carbocycles. The number of fused-ring (bicyclic) bond motifs is 4. The van der Waals surface area contributed by atoms with Crippen molar-refractivity contribution in [3.8, 4) is 11.3 Å². The van der Waals surface area contributed by atoms with Crippen LogP contribution in [0.15, 0.2) is 55.2 Å². The zero-order chi connectivity index (χ0) is 14.7. The highest BCUT2D eigenvalue weighted by molar-refractivity contribution is 6.02. The fourth-order valence-electron chi connectivity index (χ4n) is 3.89. The molecule has 0 bridgehead atoms. The first-order chi connectivity index (χ1) is 10.8. The van der Waals surface area contributed by atoms with Gasteiger partial charge in [-0.2, -0.15) is 0 Å². The maximum Gasteiger partial charge on any atom is 0.170 e. The van der Waals surface area contributed by atoms with Crippen LogP contribution in [0.1, 0.15) is 27.5 Å². The van der Waals surface area contributed by atoms with E-state index in [1.54, 1.807) is 12.4 Å². The van der Waals surface area contributed by atoms with E-state index in [4.69, 9.17) is 0 Å². The predicted molar refractivity (Wildman–Crippen MR) is 81.6 cm³/mol. The minimum absolute atomic E-state index is 0.0357. The number of ketones is 1. The molecule has 4 heteroatoms. The molecule has 2 unspecified atom stereocenters. The molecule has 0 spiro atoms. The fraction of sp³-hybridized carbons (Fsp3) is 0.167. The number of carbonyl (C=O) groups is 1. The minimum Gasteiger partial charge on any atom is -0.322 e. The Balaban J connectivity index is 1.68. The number of imidazole rings is 1. The predicted octanol–water partition coefficient (Wildman–Crippen LogP) is 2.90. The van der Waals surface area contributed by atoms with Crippen molar-refractivity contribution in [3.63, 3.8) is 0 Å². The van der Waals surface area contributed by atoms with Crippen LogP contribution in [0.5, 0.6) is 0 Å². The van der Waals surface area contributed by atoms with Gasteiger partial charge in [0, 0.05) is 23.5 Å². The van der Waals surface area contributed by atoms with Gasteiger partial charge in [0.15, 0.2) is 5.78 Å². The van der Waals surface area contributed by atoms with Gasteiger partial charge in [-0.3, -0.25) is 9.78 Å². The molecule has 0 saturated carbocycles. The van der Waals surface area contributed by atoms with Crippen LogP contribution in [-0.4, -0.2) is 20.3 Å². The largest absolute Gasteiger partial charge is 0.322 e. The van der Waals surface area contributed by atoms with Gasteiger partial charge < -0.3 is 4.57 Å². The van der Waals surface area contributed by atoms with Gasteiger partial charge in [0.25, 0.3) is 0 Å². The Morgan fingerprint density at radius 2 is 1.95 bits per heavy atom. The van der Waals surface area contributed by atoms with E-state index in [1.807, 2.05) is 30.7 Å². The average molecular weight is 287 g/mol. The standard InChI is InChI=1S/C18H13N3O/c22-18-14(7-11-5-6-19-8-15(11)18)17-13-4-2-1-3-12(13)16-9-20-10-21(16)17/h1-6,8-10,14,17H,7H2. The quantitative estimate of drug-likeness (QED) is 0.691. The number of carbonyl (C=O) groups excluding carboxylic acids is 1. The van der Waals surface area contributed by atoms with Crippen molar-refractivity contribution in [1.82, 2.24) is 14.5 Å². The van der Waals surface area contributed by atoms with Crippen molar-refractivity contribution >= 4 is 5.78 Å². The molecule has 0 saturated heterocycles. The van der Waals surface area contributed by atoms with Crippen molar-refractivity contribution < 1.29 is 4.79 Å². The molecule has 4 nitrogen and oxygen atoms in total. The normalized spacial score (nSPS) is 21.5. The SMILES string of the molecule is O=C1c2cnccc2CC1C1c2ccccc2-c2cncn21. The van der Waals surface area contributed by atoms with Crippen LogP contribution in [0.3, 0.4) is 0 Å². The summed E-state index contributed by atoms with van der Waals surface area (Å²) in [5, 5.41) is 0. The Morgan fingerprint density at radius 1 is 1.05 bits per heavy atom. The van der Waals surface area contributed by atoms with Crippen LogP contribution >= 0.6 is 0 Å². The lowest BCUT2D eigenvalue weighted by Crippen LogP contribution is -2.22. The van der Waals surface area contributed by atoms with Crippen LogP contribution in [0.4, 0.5) is 0 Å². The number of nitrogens with zero attached hydrogens (tertiary/aromatic N) is 3. The van der Waals surface area contributed by atoms with E-state index in [0.29, 0.717) is 0 Å². The van der Waals surface area contributed by atoms with Crippen molar-refractivity contribution in [3.05, 3.63) is 71.9 Å². The number of Topliss-reactive ketones (excluding diaryl/α,β-unsaturated/α-hetero) is 1. The number of rotatable bonds is 1. The third-order valence-corrected chi connectivity index (χ3v) is 4.86. The second kappa shape index (κ2) is 4.13. The van der Waals surface area contributed by atoms with Gasteiger partial charge in [0.05, 0.1) is 30.2 Å². The third-order valence-electron chi connectivity index (χ3n) is 4.86. The Hall–Kier alpha value is -2.75. The number of pyridine rings is 1. The highest BCUT2D eigenvalue weighted by Crippen LogP contribution is 2.46. The lowest BCUT2D eigenvalue weighted by atomic mass is 9.89. The molecular formula is C18H13N3O. The van der Waals surface area contributed by atoms with Gasteiger partial charge in [0.1, 0.15) is 0 Å². The van der Waals surface area contributed by atoms with Crippen molar-refractivity contribution in [1.29, 1.82) is 0 Å². The second-order valence-corrected chi connectivity index (χ2v) is 5.93. The number of benzene rings is 1. The average Bonchev–Trinajstić information content (AvgIpc) is 3.21. The molecule has 0 radical (unpaired) electrons. The van der Waals surface area contributed by atoms with Gasteiger partial charge in [-0.15, -0.1) is 0 Å². The number of hydrogen-bond donors (Lipinski definition) is 0. The highest BCUT2D eigenvalue weighted by atomic mass is 16.1. The topological polar surface area (TPSA) is 47.8 Å². The van der Waals surface area contributed by atoms with E-state index in [2.05, 4.69) is 26.7 Å². The summed E-state index contributed by atoms with van der Waals surface area (Å²) in [5.41, 5.74) is 5.39. The molecule has 5 rings (SSSR count). The van der Waals surface area contributed by atoms with E-state index in [9.17, 15) is 4.79 Å². The van der Waals surface area contributed by atoms with Gasteiger partial charge >= 0.3 is 0 Å². The highest BCUT2D eigenvalue weighted by Gasteiger charge is 2.42. The van der Waals surface area contributed by atoms with Crippen LogP contribution < -0.4 is 0 Å². The molecule has 3 heterocycles. The molecule has 0 N–H and O–H groups in total. The van der Waals surface area contributed by atoms with E-state index < -0.39 is 0 Å². The molecule has 1 aromatic carbocycles. The molecule has 1 aliphatic heterocycles. The Morgan fingerprint density at radius 3 is 2.86 bits per heavy atom. The zero-order valence-electron chi connectivity index (χ0n) is 11.8. The summed E-state index contributed by atoms with van der Waals surface area (Å²) in [5.74, 6) is 0.125. The Bertz CT molecular complexity index is 912. The Kier molecular flexibility index (Phi) is 2.23. The summed E-state index contributed by atoms with van der Waals surface area (Å²) in [4.78, 5) is 21.2. The molecule has 106 valence electrons. The second-order valence-electron chi connectivity index (χ2n) is 5.93. The minimum atomic E-state index is -0.0733. The van der Waals surface area contributed by atoms with Gasteiger partial charge in [-0.1, -0.05) is 24.3 Å². The van der Waals surface area contributed by atoms with Gasteiger partial charge in [-0.05, 0) is 23.6 Å². The van der Waals surface area contributed by atoms with Crippen LogP contribution in [0.25, 0.3) is 11.3 Å². The molecule has 3 aromatic rings. The smallest absolute Gasteiger partial charge is 0.170 e.